The summed E-state index contributed by atoms with van der Waals surface area (Å²) in [5, 5.41) is 8.26. The van der Waals surface area contributed by atoms with Gasteiger partial charge in [-0.05, 0) is 88.6 Å². The summed E-state index contributed by atoms with van der Waals surface area (Å²) >= 11 is 0. The van der Waals surface area contributed by atoms with Crippen LogP contribution in [0, 0.1) is 12.1 Å². The van der Waals surface area contributed by atoms with Gasteiger partial charge in [0.15, 0.2) is 0 Å². The second-order valence-corrected chi connectivity index (χ2v) is 16.9. The zero-order valence-electron chi connectivity index (χ0n) is 31.6. The number of benzene rings is 6. The molecule has 1 radical (unpaired) electrons. The third-order valence-corrected chi connectivity index (χ3v) is 10.1. The summed E-state index contributed by atoms with van der Waals surface area (Å²) in [6.45, 7) is 19.7. The standard InChI is InChI=1S/C28H19F3N.C19H24N.Ir/c1-27(2,3)16-13-22-18-7-5-4-6-17(18)19-10-11-32-26-20-9-8-15(28(29,30)31)12-21(20)23(14-16)24(22)25(19)26;1-18(2,3)15-9-7-8-14(12-15)17-13-16(10-11-20-17)19(4,5)6;/h4-8,10-14H,1-3H3;7,9-13H,1-6H3;/q2*-1;. The molecule has 0 atom stereocenters. The third-order valence-electron chi connectivity index (χ3n) is 10.1. The molecule has 0 fully saturated rings. The molecule has 2 nitrogen and oxygen atoms in total. The van der Waals surface area contributed by atoms with Gasteiger partial charge in [0, 0.05) is 32.5 Å². The Hall–Kier alpha value is -4.38. The number of pyridine rings is 2. The summed E-state index contributed by atoms with van der Waals surface area (Å²) in [7, 11) is 0. The number of halogens is 3. The Bertz CT molecular complexity index is 2560. The van der Waals surface area contributed by atoms with Crippen LogP contribution in [0.25, 0.3) is 65.3 Å². The van der Waals surface area contributed by atoms with Gasteiger partial charge < -0.3 is 9.97 Å². The summed E-state index contributed by atoms with van der Waals surface area (Å²) in [6, 6.07) is 33.6. The first kappa shape index (κ1) is 38.3. The van der Waals surface area contributed by atoms with Crippen molar-refractivity contribution in [3.8, 4) is 11.3 Å². The Balaban J connectivity index is 0.000000199. The average molecular weight is 885 g/mol. The fraction of sp³-hybridized carbons (Fsp3) is 0.277. The number of hydrogen-bond donors (Lipinski definition) is 0. The van der Waals surface area contributed by atoms with E-state index in [0.717, 1.165) is 60.6 Å². The molecule has 2 aromatic heterocycles. The second-order valence-electron chi connectivity index (χ2n) is 16.9. The summed E-state index contributed by atoms with van der Waals surface area (Å²) in [4.78, 5) is 9.13. The summed E-state index contributed by atoms with van der Waals surface area (Å²) in [5.74, 6) is 0. The van der Waals surface area contributed by atoms with Crippen LogP contribution in [0.1, 0.15) is 84.6 Å². The predicted octanol–water partition coefficient (Wildman–Crippen LogP) is 13.5. The first-order valence-corrected chi connectivity index (χ1v) is 17.7. The van der Waals surface area contributed by atoms with Crippen molar-refractivity contribution in [3.05, 3.63) is 132 Å². The van der Waals surface area contributed by atoms with Crippen LogP contribution in [0.15, 0.2) is 97.3 Å². The predicted molar refractivity (Wildman–Crippen MR) is 211 cm³/mol. The molecular weight excluding hydrogens is 842 g/mol. The number of nitrogens with zero attached hydrogens (tertiary/aromatic N) is 2. The van der Waals surface area contributed by atoms with E-state index in [-0.39, 0.29) is 36.4 Å². The van der Waals surface area contributed by atoms with E-state index in [9.17, 15) is 13.2 Å². The van der Waals surface area contributed by atoms with Gasteiger partial charge >= 0.3 is 6.18 Å². The number of aromatic nitrogens is 2. The largest absolute Gasteiger partial charge is 0.381 e. The molecule has 0 aliphatic heterocycles. The van der Waals surface area contributed by atoms with Crippen molar-refractivity contribution in [2.24, 2.45) is 0 Å². The van der Waals surface area contributed by atoms with Crippen molar-refractivity contribution in [2.45, 2.75) is 84.7 Å². The van der Waals surface area contributed by atoms with E-state index in [1.54, 1.807) is 6.20 Å². The molecule has 0 spiro atoms. The van der Waals surface area contributed by atoms with E-state index in [2.05, 4.69) is 133 Å². The van der Waals surface area contributed by atoms with Crippen molar-refractivity contribution in [1.82, 2.24) is 9.97 Å². The Morgan fingerprint density at radius 3 is 1.70 bits per heavy atom. The smallest absolute Gasteiger partial charge is 0.305 e. The molecule has 8 rings (SSSR count). The summed E-state index contributed by atoms with van der Waals surface area (Å²) in [6.07, 6.45) is -0.803. The van der Waals surface area contributed by atoms with Crippen LogP contribution in [0.5, 0.6) is 0 Å². The third kappa shape index (κ3) is 7.16. The molecule has 0 aliphatic carbocycles. The normalized spacial score (nSPS) is 12.8. The van der Waals surface area contributed by atoms with Crippen molar-refractivity contribution >= 4 is 54.0 Å². The van der Waals surface area contributed by atoms with Gasteiger partial charge in [-0.15, -0.1) is 59.0 Å². The van der Waals surface area contributed by atoms with Gasteiger partial charge in [0.05, 0.1) is 0 Å². The molecule has 0 aliphatic rings. The van der Waals surface area contributed by atoms with E-state index in [1.165, 1.54) is 17.2 Å². The molecule has 0 unspecified atom stereocenters. The Kier molecular flexibility index (Phi) is 9.75. The molecule has 8 aromatic rings. The van der Waals surface area contributed by atoms with Gasteiger partial charge in [-0.1, -0.05) is 116 Å². The molecule has 0 saturated heterocycles. The van der Waals surface area contributed by atoms with E-state index in [4.69, 9.17) is 0 Å². The van der Waals surface area contributed by atoms with E-state index in [1.807, 2.05) is 30.5 Å². The molecule has 0 saturated carbocycles. The topological polar surface area (TPSA) is 25.8 Å². The van der Waals surface area contributed by atoms with Crippen molar-refractivity contribution in [2.75, 3.05) is 0 Å². The van der Waals surface area contributed by atoms with Crippen LogP contribution in [0.4, 0.5) is 13.2 Å². The van der Waals surface area contributed by atoms with Crippen molar-refractivity contribution in [1.29, 1.82) is 0 Å². The van der Waals surface area contributed by atoms with Crippen molar-refractivity contribution in [3.63, 3.8) is 0 Å². The molecule has 0 N–H and O–H groups in total. The fourth-order valence-electron chi connectivity index (χ4n) is 7.05. The second kappa shape index (κ2) is 13.5. The van der Waals surface area contributed by atoms with Gasteiger partial charge in [0.25, 0.3) is 0 Å². The molecule has 2 heterocycles. The molecule has 0 bridgehead atoms. The van der Waals surface area contributed by atoms with Gasteiger partial charge in [0.2, 0.25) is 0 Å². The van der Waals surface area contributed by atoms with E-state index in [0.29, 0.717) is 16.3 Å². The first-order valence-electron chi connectivity index (χ1n) is 17.7. The van der Waals surface area contributed by atoms with E-state index >= 15 is 0 Å². The molecule has 6 heteroatoms. The Morgan fingerprint density at radius 1 is 0.509 bits per heavy atom. The maximum absolute atomic E-state index is 13.6. The van der Waals surface area contributed by atoms with Crippen molar-refractivity contribution < 1.29 is 33.3 Å². The van der Waals surface area contributed by atoms with Gasteiger partial charge in [0.1, 0.15) is 0 Å². The van der Waals surface area contributed by atoms with Gasteiger partial charge in [-0.3, -0.25) is 0 Å². The SMILES string of the molecule is CC(C)(C)c1cc2c3cc(C(F)(F)F)c[c-]c3c3nccc4c5ccccc5c(c1)c2c43.CC(C)(C)c1cc[c-]c(-c2cc(C(C)(C)C)ccn2)c1.[Ir]. The summed E-state index contributed by atoms with van der Waals surface area (Å²) in [5.41, 5.74) is 5.89. The van der Waals surface area contributed by atoms with Gasteiger partial charge in [-0.25, -0.2) is 0 Å². The molecule has 273 valence electrons. The maximum atomic E-state index is 13.6. The van der Waals surface area contributed by atoms with Crippen LogP contribution in [-0.4, -0.2) is 9.97 Å². The quantitative estimate of drug-likeness (QED) is 0.0932. The molecule has 53 heavy (non-hydrogen) atoms. The van der Waals surface area contributed by atoms with Crippen LogP contribution in [-0.2, 0) is 42.5 Å². The molecule has 0 amide bonds. The van der Waals surface area contributed by atoms with Gasteiger partial charge in [-0.2, -0.15) is 13.2 Å². The Morgan fingerprint density at radius 2 is 1.08 bits per heavy atom. The zero-order chi connectivity index (χ0) is 37.4. The Labute approximate surface area is 323 Å². The first-order chi connectivity index (χ1) is 24.3. The minimum Gasteiger partial charge on any atom is -0.305 e. The zero-order valence-corrected chi connectivity index (χ0v) is 34.0. The number of hydrogen-bond acceptors (Lipinski definition) is 2. The van der Waals surface area contributed by atoms with Crippen LogP contribution in [0.2, 0.25) is 0 Å². The van der Waals surface area contributed by atoms with Crippen LogP contribution < -0.4 is 0 Å². The summed E-state index contributed by atoms with van der Waals surface area (Å²) < 4.78 is 40.8. The number of alkyl halides is 3. The molecule has 6 aromatic carbocycles. The minimum atomic E-state index is -4.44. The van der Waals surface area contributed by atoms with Crippen LogP contribution >= 0.6 is 0 Å². The van der Waals surface area contributed by atoms with E-state index < -0.39 is 11.7 Å². The maximum Gasteiger partial charge on any atom is 0.381 e. The number of rotatable bonds is 1. The monoisotopic (exact) mass is 885 g/mol. The fourth-order valence-corrected chi connectivity index (χ4v) is 7.05. The van der Waals surface area contributed by atoms with Crippen LogP contribution in [0.3, 0.4) is 0 Å². The average Bonchev–Trinajstić information content (AvgIpc) is 3.09. The minimum absolute atomic E-state index is 0. The molecular formula is C47H43F3IrN2-2. The number of fused-ring (bicyclic) bond motifs is 6.